The number of para-hydroxylation sites is 2. The van der Waals surface area contributed by atoms with Crippen molar-refractivity contribution in [3.8, 4) is 11.5 Å². The van der Waals surface area contributed by atoms with Crippen LogP contribution in [0.3, 0.4) is 0 Å². The molecule has 3 aromatic carbocycles. The Morgan fingerprint density at radius 2 is 1.70 bits per heavy atom. The van der Waals surface area contributed by atoms with Crippen LogP contribution in [0.25, 0.3) is 11.0 Å². The van der Waals surface area contributed by atoms with Gasteiger partial charge in [0, 0.05) is 0 Å². The molecule has 0 aliphatic rings. The number of aliphatic hydroxyl groups is 1. The summed E-state index contributed by atoms with van der Waals surface area (Å²) in [5.74, 6) is 2.15. The Morgan fingerprint density at radius 1 is 0.970 bits per heavy atom. The summed E-state index contributed by atoms with van der Waals surface area (Å²) < 4.78 is 26.7. The van der Waals surface area contributed by atoms with Gasteiger partial charge in [-0.25, -0.2) is 9.37 Å². The van der Waals surface area contributed by atoms with Crippen molar-refractivity contribution in [3.63, 3.8) is 0 Å². The van der Waals surface area contributed by atoms with E-state index in [0.29, 0.717) is 18.2 Å². The maximum absolute atomic E-state index is 13.1. The number of imidazole rings is 1. The topological polar surface area (TPSA) is 56.5 Å². The third-order valence-corrected chi connectivity index (χ3v) is 5.61. The second-order valence-corrected chi connectivity index (χ2v) is 8.51. The largest absolute Gasteiger partial charge is 0.491 e. The van der Waals surface area contributed by atoms with Gasteiger partial charge in [0.25, 0.3) is 0 Å². The van der Waals surface area contributed by atoms with Crippen molar-refractivity contribution >= 4 is 11.0 Å². The third kappa shape index (κ3) is 5.52. The minimum atomic E-state index is -0.779. The zero-order valence-electron chi connectivity index (χ0n) is 19.2. The first kappa shape index (κ1) is 22.8. The highest BCUT2D eigenvalue weighted by Gasteiger charge is 2.16. The summed E-state index contributed by atoms with van der Waals surface area (Å²) in [4.78, 5) is 4.72. The van der Waals surface area contributed by atoms with Crippen LogP contribution < -0.4 is 9.47 Å². The van der Waals surface area contributed by atoms with E-state index >= 15 is 0 Å². The third-order valence-electron chi connectivity index (χ3n) is 5.61. The monoisotopic (exact) mass is 448 g/mol. The van der Waals surface area contributed by atoms with E-state index in [1.165, 1.54) is 23.3 Å². The molecule has 1 heterocycles. The standard InChI is InChI=1S/C27H29FN2O3/c1-18(2)24-13-12-23(14-19(24)3)33-17-27-29-25-6-4-5-7-26(25)30(27)15-21(31)16-32-22-10-8-20(28)9-11-22/h4-14,18,21,31H,15-17H2,1-3H3. The Kier molecular flexibility index (Phi) is 6.94. The number of aromatic nitrogens is 2. The molecule has 33 heavy (non-hydrogen) atoms. The molecule has 6 heteroatoms. The van der Waals surface area contributed by atoms with Crippen LogP contribution in [0.4, 0.5) is 4.39 Å². The van der Waals surface area contributed by atoms with E-state index in [9.17, 15) is 9.50 Å². The molecule has 0 saturated carbocycles. The van der Waals surface area contributed by atoms with Gasteiger partial charge in [-0.15, -0.1) is 0 Å². The highest BCUT2D eigenvalue weighted by atomic mass is 19.1. The van der Waals surface area contributed by atoms with E-state index in [1.54, 1.807) is 12.1 Å². The summed E-state index contributed by atoms with van der Waals surface area (Å²) >= 11 is 0. The van der Waals surface area contributed by atoms with Crippen LogP contribution in [0.1, 0.15) is 36.7 Å². The smallest absolute Gasteiger partial charge is 0.148 e. The molecular formula is C27H29FN2O3. The highest BCUT2D eigenvalue weighted by molar-refractivity contribution is 5.75. The van der Waals surface area contributed by atoms with Crippen molar-refractivity contribution in [3.05, 3.63) is 89.5 Å². The number of benzene rings is 3. The van der Waals surface area contributed by atoms with E-state index < -0.39 is 6.10 Å². The molecule has 5 nitrogen and oxygen atoms in total. The first-order chi connectivity index (χ1) is 15.9. The second kappa shape index (κ2) is 10.0. The number of aryl methyl sites for hydroxylation is 1. The number of ether oxygens (including phenoxy) is 2. The summed E-state index contributed by atoms with van der Waals surface area (Å²) in [6.07, 6.45) is -0.779. The van der Waals surface area contributed by atoms with Crippen LogP contribution in [-0.2, 0) is 13.2 Å². The van der Waals surface area contributed by atoms with Gasteiger partial charge in [-0.05, 0) is 72.5 Å². The maximum atomic E-state index is 13.1. The van der Waals surface area contributed by atoms with Crippen molar-refractivity contribution in [2.24, 2.45) is 0 Å². The lowest BCUT2D eigenvalue weighted by molar-refractivity contribution is 0.0917. The quantitative estimate of drug-likeness (QED) is 0.361. The fourth-order valence-corrected chi connectivity index (χ4v) is 3.96. The number of nitrogens with zero attached hydrogens (tertiary/aromatic N) is 2. The molecule has 0 aliphatic carbocycles. The number of hydrogen-bond acceptors (Lipinski definition) is 4. The lowest BCUT2D eigenvalue weighted by Crippen LogP contribution is -2.25. The first-order valence-electron chi connectivity index (χ1n) is 11.1. The molecule has 0 spiro atoms. The van der Waals surface area contributed by atoms with Gasteiger partial charge in [-0.2, -0.15) is 0 Å². The van der Waals surface area contributed by atoms with Crippen LogP contribution in [0.15, 0.2) is 66.7 Å². The summed E-state index contributed by atoms with van der Waals surface area (Å²) in [6.45, 7) is 7.10. The number of hydrogen-bond donors (Lipinski definition) is 1. The fraction of sp³-hybridized carbons (Fsp3) is 0.296. The summed E-state index contributed by atoms with van der Waals surface area (Å²) in [5, 5.41) is 10.6. The molecule has 1 N–H and O–H groups in total. The molecular weight excluding hydrogens is 419 g/mol. The van der Waals surface area contributed by atoms with Crippen LogP contribution in [0.2, 0.25) is 0 Å². The first-order valence-corrected chi connectivity index (χ1v) is 11.1. The van der Waals surface area contributed by atoms with Gasteiger partial charge in [0.2, 0.25) is 0 Å². The molecule has 0 saturated heterocycles. The van der Waals surface area contributed by atoms with E-state index in [1.807, 2.05) is 41.0 Å². The minimum absolute atomic E-state index is 0.0777. The van der Waals surface area contributed by atoms with Crippen LogP contribution >= 0.6 is 0 Å². The summed E-state index contributed by atoms with van der Waals surface area (Å²) in [6, 6.07) is 19.7. The van der Waals surface area contributed by atoms with Crippen LogP contribution in [-0.4, -0.2) is 27.4 Å². The van der Waals surface area contributed by atoms with E-state index in [4.69, 9.17) is 14.5 Å². The predicted molar refractivity (Wildman–Crippen MR) is 127 cm³/mol. The van der Waals surface area contributed by atoms with E-state index in [0.717, 1.165) is 22.6 Å². The molecule has 0 radical (unpaired) electrons. The number of rotatable bonds is 9. The molecule has 4 aromatic rings. The molecule has 0 bridgehead atoms. The molecule has 0 aliphatic heterocycles. The Hall–Kier alpha value is -3.38. The lowest BCUT2D eigenvalue weighted by Gasteiger charge is -2.16. The van der Waals surface area contributed by atoms with Crippen LogP contribution in [0.5, 0.6) is 11.5 Å². The zero-order chi connectivity index (χ0) is 23.4. The van der Waals surface area contributed by atoms with Crippen molar-refractivity contribution in [2.75, 3.05) is 6.61 Å². The molecule has 4 rings (SSSR count). The van der Waals surface area contributed by atoms with Gasteiger partial charge in [-0.1, -0.05) is 32.0 Å². The highest BCUT2D eigenvalue weighted by Crippen LogP contribution is 2.25. The maximum Gasteiger partial charge on any atom is 0.148 e. The van der Waals surface area contributed by atoms with Crippen LogP contribution in [0, 0.1) is 12.7 Å². The average Bonchev–Trinajstić information content (AvgIpc) is 3.14. The Labute approximate surface area is 193 Å². The van der Waals surface area contributed by atoms with Gasteiger partial charge in [0.15, 0.2) is 0 Å². The predicted octanol–water partition coefficient (Wildman–Crippen LogP) is 5.63. The van der Waals surface area contributed by atoms with Gasteiger partial charge in [-0.3, -0.25) is 0 Å². The van der Waals surface area contributed by atoms with Crippen molar-refractivity contribution in [2.45, 2.75) is 45.9 Å². The van der Waals surface area contributed by atoms with Crippen molar-refractivity contribution < 1.29 is 19.0 Å². The van der Waals surface area contributed by atoms with Crippen molar-refractivity contribution in [1.29, 1.82) is 0 Å². The lowest BCUT2D eigenvalue weighted by atomic mass is 9.98. The minimum Gasteiger partial charge on any atom is -0.491 e. The van der Waals surface area contributed by atoms with Gasteiger partial charge in [0.05, 0.1) is 17.6 Å². The Balaban J connectivity index is 1.48. The van der Waals surface area contributed by atoms with Gasteiger partial charge < -0.3 is 19.1 Å². The molecule has 0 fully saturated rings. The molecule has 0 amide bonds. The number of fused-ring (bicyclic) bond motifs is 1. The zero-order valence-corrected chi connectivity index (χ0v) is 19.2. The summed E-state index contributed by atoms with van der Waals surface area (Å²) in [5.41, 5.74) is 4.26. The molecule has 1 aromatic heterocycles. The molecule has 172 valence electrons. The molecule has 1 unspecified atom stereocenters. The number of halogens is 1. The number of aliphatic hydroxyl groups excluding tert-OH is 1. The second-order valence-electron chi connectivity index (χ2n) is 8.51. The van der Waals surface area contributed by atoms with Crippen molar-refractivity contribution in [1.82, 2.24) is 9.55 Å². The van der Waals surface area contributed by atoms with Gasteiger partial charge in [0.1, 0.15) is 42.5 Å². The fourth-order valence-electron chi connectivity index (χ4n) is 3.96. The van der Waals surface area contributed by atoms with E-state index in [-0.39, 0.29) is 19.0 Å². The average molecular weight is 449 g/mol. The van der Waals surface area contributed by atoms with E-state index in [2.05, 4.69) is 26.8 Å². The normalized spacial score (nSPS) is 12.3. The Morgan fingerprint density at radius 3 is 2.42 bits per heavy atom. The SMILES string of the molecule is Cc1cc(OCc2nc3ccccc3n2CC(O)COc2ccc(F)cc2)ccc1C(C)C. The summed E-state index contributed by atoms with van der Waals surface area (Å²) in [7, 11) is 0. The Bertz CT molecular complexity index is 1220. The molecule has 1 atom stereocenters. The van der Waals surface area contributed by atoms with Gasteiger partial charge >= 0.3 is 0 Å².